The first-order valence-corrected chi connectivity index (χ1v) is 10.3. The van der Waals surface area contributed by atoms with Gasteiger partial charge in [0.25, 0.3) is 5.91 Å². The number of halogens is 1. The van der Waals surface area contributed by atoms with Crippen LogP contribution in [0.3, 0.4) is 0 Å². The van der Waals surface area contributed by atoms with Crippen molar-refractivity contribution in [3.8, 4) is 0 Å². The molecule has 29 heavy (non-hydrogen) atoms. The molecule has 3 aromatic rings. The van der Waals surface area contributed by atoms with E-state index in [0.717, 1.165) is 38.1 Å². The topological polar surface area (TPSA) is 32.8 Å². The Balaban J connectivity index is 1.67. The van der Waals surface area contributed by atoms with E-state index in [9.17, 15) is 4.79 Å². The van der Waals surface area contributed by atoms with Crippen LogP contribution in [0.15, 0.2) is 77.4 Å². The lowest BCUT2D eigenvalue weighted by atomic mass is 9.83. The van der Waals surface area contributed by atoms with E-state index in [0.29, 0.717) is 0 Å². The van der Waals surface area contributed by atoms with Crippen molar-refractivity contribution in [2.24, 2.45) is 0 Å². The molecule has 3 aromatic carbocycles. The quantitative estimate of drug-likeness (QED) is 0.478. The fourth-order valence-corrected chi connectivity index (χ4v) is 5.29. The van der Waals surface area contributed by atoms with E-state index in [-0.39, 0.29) is 5.91 Å². The first-order valence-electron chi connectivity index (χ1n) is 9.53. The van der Waals surface area contributed by atoms with Gasteiger partial charge in [-0.25, -0.2) is 0 Å². The van der Waals surface area contributed by atoms with Crippen LogP contribution >= 0.6 is 15.9 Å². The second-order valence-corrected chi connectivity index (χ2v) is 8.37. The predicted octanol–water partition coefficient (Wildman–Crippen LogP) is 5.19. The van der Waals surface area contributed by atoms with Gasteiger partial charge in [-0.15, -0.1) is 0 Å². The third-order valence-electron chi connectivity index (χ3n) is 6.11. The summed E-state index contributed by atoms with van der Waals surface area (Å²) in [4.78, 5) is 17.5. The lowest BCUT2D eigenvalue weighted by Gasteiger charge is -2.46. The normalized spacial score (nSPS) is 23.7. The van der Waals surface area contributed by atoms with Crippen LogP contribution in [-0.4, -0.2) is 13.0 Å². The van der Waals surface area contributed by atoms with Crippen molar-refractivity contribution in [1.29, 1.82) is 0 Å². The highest BCUT2D eigenvalue weighted by Crippen LogP contribution is 2.56. The molecule has 142 valence electrons. The van der Waals surface area contributed by atoms with Gasteiger partial charge in [0.1, 0.15) is 0 Å². The Labute approximate surface area is 177 Å². The fourth-order valence-electron chi connectivity index (χ4n) is 4.78. The number of rotatable bonds is 0. The molecule has 5 heteroatoms. The number of benzene rings is 3. The van der Waals surface area contributed by atoms with E-state index >= 15 is 0 Å². The van der Waals surface area contributed by atoms with Gasteiger partial charge < -0.3 is 14.5 Å². The number of amides is 1. The molecule has 4 nitrogen and oxygen atoms in total. The zero-order chi connectivity index (χ0) is 19.8. The number of hydrogen-bond acceptors (Lipinski definition) is 3. The Morgan fingerprint density at radius 1 is 0.931 bits per heavy atom. The van der Waals surface area contributed by atoms with Crippen molar-refractivity contribution >= 4 is 39.3 Å². The average Bonchev–Trinajstić information content (AvgIpc) is 2.97. The summed E-state index contributed by atoms with van der Waals surface area (Å²) in [5, 5.41) is 0. The number of nitrogens with zero attached hydrogens (tertiary/aromatic N) is 2. The Morgan fingerprint density at radius 3 is 2.41 bits per heavy atom. The zero-order valence-corrected chi connectivity index (χ0v) is 17.3. The van der Waals surface area contributed by atoms with E-state index in [1.165, 1.54) is 0 Å². The number of anilines is 2. The summed E-state index contributed by atoms with van der Waals surface area (Å²) in [5.74, 6) is -0.0584. The number of fused-ring (bicyclic) bond motifs is 8. The SMILES string of the molecule is CN1C(=O)C2(OC3c4cccc(Br)c4C=CN3c3ccccc32)c2ccccc21. The van der Waals surface area contributed by atoms with Gasteiger partial charge in [0.05, 0.1) is 11.4 Å². The zero-order valence-electron chi connectivity index (χ0n) is 15.7. The molecule has 0 N–H and O–H groups in total. The Kier molecular flexibility index (Phi) is 3.41. The number of carbonyl (C=O) groups excluding carboxylic acids is 1. The molecule has 3 aliphatic rings. The molecule has 2 unspecified atom stereocenters. The van der Waals surface area contributed by atoms with Crippen LogP contribution in [0.25, 0.3) is 6.08 Å². The molecule has 6 rings (SSSR count). The molecule has 0 saturated carbocycles. The van der Waals surface area contributed by atoms with Crippen LogP contribution in [0.2, 0.25) is 0 Å². The van der Waals surface area contributed by atoms with Gasteiger partial charge in [-0.3, -0.25) is 4.79 Å². The van der Waals surface area contributed by atoms with Crippen molar-refractivity contribution in [3.05, 3.63) is 99.7 Å². The average molecular weight is 445 g/mol. The first-order chi connectivity index (χ1) is 14.1. The number of ether oxygens (including phenoxy) is 1. The summed E-state index contributed by atoms with van der Waals surface area (Å²) < 4.78 is 7.83. The highest BCUT2D eigenvalue weighted by molar-refractivity contribution is 9.10. The number of carbonyl (C=O) groups is 1. The summed E-state index contributed by atoms with van der Waals surface area (Å²) in [6.07, 6.45) is 3.73. The maximum absolute atomic E-state index is 13.7. The molecule has 0 radical (unpaired) electrons. The monoisotopic (exact) mass is 444 g/mol. The first kappa shape index (κ1) is 17.0. The summed E-state index contributed by atoms with van der Waals surface area (Å²) in [6, 6.07) is 22.0. The molecular formula is C24H17BrN2O2. The molecule has 2 atom stereocenters. The van der Waals surface area contributed by atoms with Gasteiger partial charge in [-0.05, 0) is 29.8 Å². The Morgan fingerprint density at radius 2 is 1.62 bits per heavy atom. The minimum atomic E-state index is -1.16. The van der Waals surface area contributed by atoms with E-state index in [4.69, 9.17) is 4.74 Å². The van der Waals surface area contributed by atoms with Gasteiger partial charge in [0, 0.05) is 34.4 Å². The van der Waals surface area contributed by atoms with Crippen molar-refractivity contribution in [1.82, 2.24) is 0 Å². The largest absolute Gasteiger partial charge is 0.328 e. The van der Waals surface area contributed by atoms with Crippen LogP contribution in [0.5, 0.6) is 0 Å². The summed E-state index contributed by atoms with van der Waals surface area (Å²) in [5.41, 5.74) is 4.61. The molecule has 0 fully saturated rings. The molecule has 1 amide bonds. The molecule has 0 bridgehead atoms. The predicted molar refractivity (Wildman–Crippen MR) is 117 cm³/mol. The number of likely N-dealkylation sites (N-methyl/N-ethyl adjacent to an activating group) is 1. The van der Waals surface area contributed by atoms with Gasteiger partial charge in [-0.1, -0.05) is 64.5 Å². The van der Waals surface area contributed by atoms with Gasteiger partial charge in [0.2, 0.25) is 5.60 Å². The van der Waals surface area contributed by atoms with E-state index in [1.807, 2.05) is 67.8 Å². The number of para-hydroxylation sites is 2. The Hall–Kier alpha value is -2.89. The molecule has 0 aromatic heterocycles. The smallest absolute Gasteiger partial charge is 0.268 e. The minimum Gasteiger partial charge on any atom is -0.328 e. The van der Waals surface area contributed by atoms with Crippen LogP contribution in [-0.2, 0) is 15.1 Å². The third-order valence-corrected chi connectivity index (χ3v) is 6.80. The molecule has 0 aliphatic carbocycles. The second-order valence-electron chi connectivity index (χ2n) is 7.52. The Bertz CT molecular complexity index is 1220. The van der Waals surface area contributed by atoms with E-state index in [1.54, 1.807) is 4.90 Å². The highest BCUT2D eigenvalue weighted by Gasteiger charge is 2.58. The van der Waals surface area contributed by atoms with E-state index in [2.05, 4.69) is 39.0 Å². The second kappa shape index (κ2) is 5.81. The number of hydrogen-bond donors (Lipinski definition) is 0. The van der Waals surface area contributed by atoms with Gasteiger partial charge in [-0.2, -0.15) is 0 Å². The lowest BCUT2D eigenvalue weighted by molar-refractivity contribution is -0.147. The molecule has 3 aliphatic heterocycles. The van der Waals surface area contributed by atoms with Crippen LogP contribution in [0.1, 0.15) is 28.5 Å². The molecule has 0 saturated heterocycles. The lowest BCUT2D eigenvalue weighted by Crippen LogP contribution is -2.49. The van der Waals surface area contributed by atoms with Crippen LogP contribution in [0, 0.1) is 0 Å². The van der Waals surface area contributed by atoms with Gasteiger partial charge >= 0.3 is 0 Å². The van der Waals surface area contributed by atoms with Gasteiger partial charge in [0.15, 0.2) is 6.23 Å². The maximum Gasteiger partial charge on any atom is 0.268 e. The molecule has 1 spiro atoms. The molecule has 3 heterocycles. The van der Waals surface area contributed by atoms with E-state index < -0.39 is 11.8 Å². The summed E-state index contributed by atoms with van der Waals surface area (Å²) in [7, 11) is 1.82. The summed E-state index contributed by atoms with van der Waals surface area (Å²) in [6.45, 7) is 0. The summed E-state index contributed by atoms with van der Waals surface area (Å²) >= 11 is 3.65. The third kappa shape index (κ3) is 2.04. The standard InChI is InChI=1S/C24H17BrN2O2/c1-26-20-11-4-2-8-17(20)24(23(26)28)18-9-3-5-12-21(18)27-14-13-15-16(22(27)29-24)7-6-10-19(15)25/h2-14,22H,1H3. The van der Waals surface area contributed by atoms with Crippen molar-refractivity contribution < 1.29 is 9.53 Å². The fraction of sp³-hybridized carbons (Fsp3) is 0.125. The highest BCUT2D eigenvalue weighted by atomic mass is 79.9. The molecular weight excluding hydrogens is 428 g/mol. The van der Waals surface area contributed by atoms with Crippen molar-refractivity contribution in [2.45, 2.75) is 11.8 Å². The van der Waals surface area contributed by atoms with Crippen molar-refractivity contribution in [2.75, 3.05) is 16.8 Å². The van der Waals surface area contributed by atoms with Crippen molar-refractivity contribution in [3.63, 3.8) is 0 Å². The van der Waals surface area contributed by atoms with Crippen LogP contribution in [0.4, 0.5) is 11.4 Å². The minimum absolute atomic E-state index is 0.0584. The maximum atomic E-state index is 13.7. The van der Waals surface area contributed by atoms with Crippen LogP contribution < -0.4 is 9.80 Å².